The molecule has 1 aromatic heterocycles. The topological polar surface area (TPSA) is 68.0 Å². The minimum atomic E-state index is -0.119. The van der Waals surface area contributed by atoms with Crippen LogP contribution in [0.1, 0.15) is 13.3 Å². The molecule has 0 fully saturated rings. The van der Waals surface area contributed by atoms with E-state index in [0.717, 1.165) is 0 Å². The van der Waals surface area contributed by atoms with Crippen molar-refractivity contribution in [3.8, 4) is 0 Å². The number of amides is 1. The van der Waals surface area contributed by atoms with Crippen molar-refractivity contribution in [2.24, 2.45) is 11.7 Å². The average Bonchev–Trinajstić information content (AvgIpc) is 2.21. The number of nitrogens with two attached hydrogens (primary N) is 1. The number of nitrogens with one attached hydrogen (secondary N) is 1. The Morgan fingerprint density at radius 3 is 3.07 bits per heavy atom. The second kappa shape index (κ2) is 5.68. The lowest BCUT2D eigenvalue weighted by atomic mass is 10.1. The lowest BCUT2D eigenvalue weighted by Gasteiger charge is -2.11. The molecule has 0 aliphatic heterocycles. The number of rotatable bonds is 4. The van der Waals surface area contributed by atoms with Crippen LogP contribution in [-0.2, 0) is 4.79 Å². The van der Waals surface area contributed by atoms with E-state index in [0.29, 0.717) is 23.8 Å². The number of carbonyl (C=O) groups excluding carboxylic acids is 1. The zero-order chi connectivity index (χ0) is 11.3. The Hall–Kier alpha value is -1.13. The molecule has 1 rings (SSSR count). The number of carbonyl (C=O) groups is 1. The number of pyridine rings is 1. The molecule has 5 heteroatoms. The van der Waals surface area contributed by atoms with Crippen LogP contribution in [0.3, 0.4) is 0 Å². The molecular formula is C10H14ClN3O. The Morgan fingerprint density at radius 2 is 2.47 bits per heavy atom. The van der Waals surface area contributed by atoms with Crippen molar-refractivity contribution in [1.82, 2.24) is 4.98 Å². The summed E-state index contributed by atoms with van der Waals surface area (Å²) in [4.78, 5) is 15.5. The molecule has 0 saturated carbocycles. The zero-order valence-electron chi connectivity index (χ0n) is 8.53. The van der Waals surface area contributed by atoms with Gasteiger partial charge in [0.15, 0.2) is 5.15 Å². The number of anilines is 1. The monoisotopic (exact) mass is 227 g/mol. The Labute approximate surface area is 93.8 Å². The van der Waals surface area contributed by atoms with Crippen molar-refractivity contribution in [3.05, 3.63) is 23.5 Å². The van der Waals surface area contributed by atoms with E-state index >= 15 is 0 Å². The smallest absolute Gasteiger partial charge is 0.227 e. The highest BCUT2D eigenvalue weighted by atomic mass is 35.5. The Morgan fingerprint density at radius 1 is 1.73 bits per heavy atom. The second-order valence-electron chi connectivity index (χ2n) is 3.31. The molecule has 0 aromatic carbocycles. The number of nitrogens with zero attached hydrogens (tertiary/aromatic N) is 1. The van der Waals surface area contributed by atoms with Crippen molar-refractivity contribution >= 4 is 23.2 Å². The van der Waals surface area contributed by atoms with Gasteiger partial charge in [-0.3, -0.25) is 4.79 Å². The highest BCUT2D eigenvalue weighted by Gasteiger charge is 2.13. The van der Waals surface area contributed by atoms with Crippen LogP contribution in [0, 0.1) is 5.92 Å². The van der Waals surface area contributed by atoms with Gasteiger partial charge in [0.05, 0.1) is 5.69 Å². The van der Waals surface area contributed by atoms with E-state index in [1.165, 1.54) is 0 Å². The highest BCUT2D eigenvalue weighted by Crippen LogP contribution is 2.18. The van der Waals surface area contributed by atoms with Crippen LogP contribution >= 0.6 is 11.6 Å². The van der Waals surface area contributed by atoms with Crippen molar-refractivity contribution in [2.75, 3.05) is 11.9 Å². The quantitative estimate of drug-likeness (QED) is 0.769. The molecule has 1 amide bonds. The first-order valence-electron chi connectivity index (χ1n) is 4.76. The van der Waals surface area contributed by atoms with E-state index in [-0.39, 0.29) is 11.8 Å². The van der Waals surface area contributed by atoms with Crippen LogP contribution in [0.25, 0.3) is 0 Å². The fourth-order valence-corrected chi connectivity index (χ4v) is 1.28. The van der Waals surface area contributed by atoms with Gasteiger partial charge in [-0.15, -0.1) is 0 Å². The number of hydrogen-bond donors (Lipinski definition) is 2. The lowest BCUT2D eigenvalue weighted by molar-refractivity contribution is -0.119. The molecule has 4 nitrogen and oxygen atoms in total. The average molecular weight is 228 g/mol. The maximum atomic E-state index is 11.6. The summed E-state index contributed by atoms with van der Waals surface area (Å²) >= 11 is 5.80. The maximum Gasteiger partial charge on any atom is 0.227 e. The third kappa shape index (κ3) is 3.49. The molecule has 15 heavy (non-hydrogen) atoms. The SMILES string of the molecule is CC(CCN)C(=O)Nc1cccnc1Cl. The Balaban J connectivity index is 2.62. The fraction of sp³-hybridized carbons (Fsp3) is 0.400. The molecule has 3 N–H and O–H groups in total. The summed E-state index contributed by atoms with van der Waals surface area (Å²) in [5, 5.41) is 3.00. The molecule has 0 aliphatic rings. The normalized spacial score (nSPS) is 12.2. The molecule has 0 radical (unpaired) electrons. The van der Waals surface area contributed by atoms with Crippen LogP contribution in [0.2, 0.25) is 5.15 Å². The van der Waals surface area contributed by atoms with Crippen molar-refractivity contribution in [3.63, 3.8) is 0 Å². The van der Waals surface area contributed by atoms with Gasteiger partial charge in [0, 0.05) is 12.1 Å². The summed E-state index contributed by atoms with van der Waals surface area (Å²) in [6.07, 6.45) is 2.23. The number of hydrogen-bond acceptors (Lipinski definition) is 3. The maximum absolute atomic E-state index is 11.6. The minimum absolute atomic E-state index is 0.0876. The predicted octanol–water partition coefficient (Wildman–Crippen LogP) is 1.66. The first-order valence-corrected chi connectivity index (χ1v) is 5.14. The summed E-state index contributed by atoms with van der Waals surface area (Å²) < 4.78 is 0. The molecule has 0 bridgehead atoms. The van der Waals surface area contributed by atoms with E-state index < -0.39 is 0 Å². The molecule has 1 atom stereocenters. The van der Waals surface area contributed by atoms with E-state index in [2.05, 4.69) is 10.3 Å². The van der Waals surface area contributed by atoms with Gasteiger partial charge in [-0.05, 0) is 25.1 Å². The number of halogens is 1. The molecule has 0 saturated heterocycles. The van der Waals surface area contributed by atoms with Crippen LogP contribution in [0.5, 0.6) is 0 Å². The van der Waals surface area contributed by atoms with Gasteiger partial charge >= 0.3 is 0 Å². The van der Waals surface area contributed by atoms with Gasteiger partial charge in [0.2, 0.25) is 5.91 Å². The van der Waals surface area contributed by atoms with E-state index in [4.69, 9.17) is 17.3 Å². The van der Waals surface area contributed by atoms with Gasteiger partial charge in [-0.1, -0.05) is 18.5 Å². The van der Waals surface area contributed by atoms with Gasteiger partial charge in [-0.2, -0.15) is 0 Å². The Kier molecular flexibility index (Phi) is 4.52. The summed E-state index contributed by atoms with van der Waals surface area (Å²) in [5.41, 5.74) is 5.91. The van der Waals surface area contributed by atoms with Gasteiger partial charge in [0.25, 0.3) is 0 Å². The van der Waals surface area contributed by atoms with Crippen molar-refractivity contribution in [2.45, 2.75) is 13.3 Å². The fourth-order valence-electron chi connectivity index (χ4n) is 1.12. The van der Waals surface area contributed by atoms with Crippen LogP contribution < -0.4 is 11.1 Å². The molecule has 82 valence electrons. The van der Waals surface area contributed by atoms with E-state index in [1.54, 1.807) is 18.3 Å². The lowest BCUT2D eigenvalue weighted by Crippen LogP contribution is -2.22. The molecule has 1 aromatic rings. The number of aromatic nitrogens is 1. The van der Waals surface area contributed by atoms with Crippen LogP contribution in [-0.4, -0.2) is 17.4 Å². The van der Waals surface area contributed by atoms with E-state index in [1.807, 2.05) is 6.92 Å². The largest absolute Gasteiger partial charge is 0.330 e. The molecule has 1 heterocycles. The van der Waals surface area contributed by atoms with Crippen LogP contribution in [0.4, 0.5) is 5.69 Å². The van der Waals surface area contributed by atoms with E-state index in [9.17, 15) is 4.79 Å². The second-order valence-corrected chi connectivity index (χ2v) is 3.67. The molecule has 0 spiro atoms. The summed E-state index contributed by atoms with van der Waals surface area (Å²) in [7, 11) is 0. The van der Waals surface area contributed by atoms with Gasteiger partial charge in [0.1, 0.15) is 0 Å². The third-order valence-electron chi connectivity index (χ3n) is 2.06. The summed E-state index contributed by atoms with van der Waals surface area (Å²) in [5.74, 6) is -0.207. The molecule has 0 aliphatic carbocycles. The van der Waals surface area contributed by atoms with Gasteiger partial charge < -0.3 is 11.1 Å². The summed E-state index contributed by atoms with van der Waals surface area (Å²) in [6.45, 7) is 2.32. The Bertz CT molecular complexity index is 343. The minimum Gasteiger partial charge on any atom is -0.330 e. The van der Waals surface area contributed by atoms with Gasteiger partial charge in [-0.25, -0.2) is 4.98 Å². The van der Waals surface area contributed by atoms with Crippen molar-refractivity contribution in [1.29, 1.82) is 0 Å². The zero-order valence-corrected chi connectivity index (χ0v) is 9.29. The first-order chi connectivity index (χ1) is 7.15. The highest BCUT2D eigenvalue weighted by molar-refractivity contribution is 6.32. The third-order valence-corrected chi connectivity index (χ3v) is 2.37. The van der Waals surface area contributed by atoms with Crippen LogP contribution in [0.15, 0.2) is 18.3 Å². The standard InChI is InChI=1S/C10H14ClN3O/c1-7(4-5-12)10(15)14-8-3-2-6-13-9(8)11/h2-3,6-7H,4-5,12H2,1H3,(H,14,15). The first kappa shape index (κ1) is 11.9. The predicted molar refractivity (Wildman–Crippen MR) is 60.7 cm³/mol. The molecular weight excluding hydrogens is 214 g/mol. The molecule has 1 unspecified atom stereocenters. The summed E-state index contributed by atoms with van der Waals surface area (Å²) in [6, 6.07) is 3.43. The van der Waals surface area contributed by atoms with Crippen molar-refractivity contribution < 1.29 is 4.79 Å².